The third-order valence-corrected chi connectivity index (χ3v) is 3.46. The predicted molar refractivity (Wildman–Crippen MR) is 98.0 cm³/mol. The Kier molecular flexibility index (Phi) is 16.7. The second kappa shape index (κ2) is 15.4. The molecule has 0 radical (unpaired) electrons. The Balaban J connectivity index is 0. The van der Waals surface area contributed by atoms with Crippen LogP contribution in [0.1, 0.15) is 43.7 Å². The standard InChI is InChI=1S/C17H26N2.CH3.ClH.Pd/c1-5-16(18-3)17(19-4)9-7-6-8-15-12-10-14(2)11-13-15;;;/h10-13H,5-9H2,1-4H3;1H3;1H;/q;-1;;+2/p-1. The van der Waals surface area contributed by atoms with Crippen molar-refractivity contribution in [2.45, 2.75) is 46.0 Å². The fourth-order valence-electron chi connectivity index (χ4n) is 2.25. The number of benzene rings is 1. The maximum absolute atomic E-state index is 4.49. The van der Waals surface area contributed by atoms with Gasteiger partial charge in [-0.3, -0.25) is 9.98 Å². The predicted octanol–water partition coefficient (Wildman–Crippen LogP) is 5.40. The second-order valence-electron chi connectivity index (χ2n) is 4.89. The van der Waals surface area contributed by atoms with Crippen molar-refractivity contribution in [3.05, 3.63) is 42.8 Å². The van der Waals surface area contributed by atoms with Gasteiger partial charge in [0.05, 0.1) is 11.4 Å². The number of halogens is 1. The Morgan fingerprint density at radius 1 is 1.00 bits per heavy atom. The Morgan fingerprint density at radius 3 is 2.00 bits per heavy atom. The van der Waals surface area contributed by atoms with Crippen LogP contribution in [0.15, 0.2) is 34.3 Å². The van der Waals surface area contributed by atoms with Crippen LogP contribution in [0, 0.1) is 14.4 Å². The molecular weight excluding hydrogens is 386 g/mol. The topological polar surface area (TPSA) is 24.7 Å². The van der Waals surface area contributed by atoms with Crippen molar-refractivity contribution in [3.63, 3.8) is 0 Å². The molecule has 1 aromatic carbocycles. The number of aryl methyl sites for hydroxylation is 2. The van der Waals surface area contributed by atoms with Crippen molar-refractivity contribution in [2.75, 3.05) is 14.1 Å². The number of nitrogens with zero attached hydrogens (tertiary/aromatic N) is 2. The van der Waals surface area contributed by atoms with Crippen molar-refractivity contribution in [3.8, 4) is 0 Å². The van der Waals surface area contributed by atoms with E-state index in [1.807, 2.05) is 14.1 Å². The van der Waals surface area contributed by atoms with E-state index in [0.29, 0.717) is 0 Å². The van der Waals surface area contributed by atoms with Gasteiger partial charge in [0, 0.05) is 14.1 Å². The summed E-state index contributed by atoms with van der Waals surface area (Å²) >= 11 is 2.22. The van der Waals surface area contributed by atoms with E-state index in [-0.39, 0.29) is 7.43 Å². The molecule has 0 bridgehead atoms. The van der Waals surface area contributed by atoms with Crippen LogP contribution in [0.3, 0.4) is 0 Å². The van der Waals surface area contributed by atoms with Gasteiger partial charge in [0.1, 0.15) is 0 Å². The van der Waals surface area contributed by atoms with Crippen LogP contribution in [0.4, 0.5) is 0 Å². The summed E-state index contributed by atoms with van der Waals surface area (Å²) in [6.45, 7) is 4.27. The van der Waals surface area contributed by atoms with Crippen LogP contribution >= 0.6 is 9.53 Å². The van der Waals surface area contributed by atoms with Gasteiger partial charge in [0.2, 0.25) is 0 Å². The first-order valence-electron chi connectivity index (χ1n) is 7.30. The zero-order chi connectivity index (χ0) is 16.1. The summed E-state index contributed by atoms with van der Waals surface area (Å²) < 4.78 is 0. The molecule has 0 aliphatic rings. The number of aliphatic imine (C=N–C) groups is 2. The Hall–Kier alpha value is -0.488. The molecule has 0 fully saturated rings. The first-order valence-corrected chi connectivity index (χ1v) is 9.30. The van der Waals surface area contributed by atoms with Gasteiger partial charge in [0.25, 0.3) is 0 Å². The van der Waals surface area contributed by atoms with Gasteiger partial charge in [0.15, 0.2) is 0 Å². The van der Waals surface area contributed by atoms with Gasteiger partial charge < -0.3 is 7.43 Å². The molecule has 4 heteroatoms. The normalized spacial score (nSPS) is 11.4. The van der Waals surface area contributed by atoms with E-state index < -0.39 is 0 Å². The van der Waals surface area contributed by atoms with Crippen molar-refractivity contribution in [2.24, 2.45) is 9.98 Å². The van der Waals surface area contributed by atoms with Crippen LogP contribution in [0.2, 0.25) is 0 Å². The monoisotopic (exact) mass is 414 g/mol. The first-order chi connectivity index (χ1) is 10.2. The summed E-state index contributed by atoms with van der Waals surface area (Å²) in [6, 6.07) is 8.84. The van der Waals surface area contributed by atoms with Gasteiger partial charge in [-0.1, -0.05) is 36.8 Å². The zero-order valence-electron chi connectivity index (χ0n) is 14.4. The molecule has 0 amide bonds. The Labute approximate surface area is 151 Å². The fraction of sp³-hybridized carbons (Fsp3) is 0.500. The molecular formula is C18H29ClN2Pd. The van der Waals surface area contributed by atoms with Gasteiger partial charge >= 0.3 is 27.7 Å². The third-order valence-electron chi connectivity index (χ3n) is 3.46. The fourth-order valence-corrected chi connectivity index (χ4v) is 2.25. The molecule has 0 aromatic heterocycles. The van der Waals surface area contributed by atoms with E-state index in [9.17, 15) is 0 Å². The maximum atomic E-state index is 4.49. The molecule has 0 unspecified atom stereocenters. The van der Waals surface area contributed by atoms with E-state index in [1.165, 1.54) is 29.7 Å². The summed E-state index contributed by atoms with van der Waals surface area (Å²) in [5, 5.41) is 0. The molecule has 0 saturated carbocycles. The van der Waals surface area contributed by atoms with Crippen LogP contribution in [0.25, 0.3) is 0 Å². The summed E-state index contributed by atoms with van der Waals surface area (Å²) in [7, 11) is 8.22. The minimum absolute atomic E-state index is 0. The summed E-state index contributed by atoms with van der Waals surface area (Å²) in [5.74, 6) is 0. The van der Waals surface area contributed by atoms with Crippen LogP contribution in [-0.4, -0.2) is 25.5 Å². The van der Waals surface area contributed by atoms with Crippen LogP contribution in [-0.2, 0) is 24.6 Å². The average molecular weight is 415 g/mol. The number of unbranched alkanes of at least 4 members (excludes halogenated alkanes) is 1. The van der Waals surface area contributed by atoms with Crippen molar-refractivity contribution in [1.82, 2.24) is 0 Å². The summed E-state index contributed by atoms with van der Waals surface area (Å²) in [6.07, 6.45) is 5.56. The van der Waals surface area contributed by atoms with Crippen LogP contribution in [0.5, 0.6) is 0 Å². The molecule has 0 N–H and O–H groups in total. The third kappa shape index (κ3) is 9.51. The zero-order valence-corrected chi connectivity index (χ0v) is 16.7. The molecule has 0 aliphatic heterocycles. The van der Waals surface area contributed by atoms with E-state index >= 15 is 0 Å². The van der Waals surface area contributed by atoms with E-state index in [0.717, 1.165) is 25.0 Å². The van der Waals surface area contributed by atoms with Gasteiger partial charge in [-0.05, 0) is 44.6 Å². The van der Waals surface area contributed by atoms with E-state index in [4.69, 9.17) is 0 Å². The molecule has 0 atom stereocenters. The second-order valence-corrected chi connectivity index (χ2v) is 4.89. The number of hydrogen-bond donors (Lipinski definition) is 0. The molecule has 22 heavy (non-hydrogen) atoms. The molecule has 2 nitrogen and oxygen atoms in total. The van der Waals surface area contributed by atoms with E-state index in [2.05, 4.69) is 75.8 Å². The molecule has 128 valence electrons. The molecule has 1 rings (SSSR count). The van der Waals surface area contributed by atoms with E-state index in [1.54, 1.807) is 0 Å². The molecule has 0 saturated heterocycles. The SMILES string of the molecule is CCC(=NC)C(CCCCc1ccc(C)cc1)=NC.[CH3-].[Cl][Pd+]. The number of hydrogen-bond acceptors (Lipinski definition) is 2. The Morgan fingerprint density at radius 2 is 1.55 bits per heavy atom. The quantitative estimate of drug-likeness (QED) is 0.247. The number of rotatable bonds is 7. The average Bonchev–Trinajstić information content (AvgIpc) is 2.54. The van der Waals surface area contributed by atoms with Crippen molar-refractivity contribution >= 4 is 21.0 Å². The van der Waals surface area contributed by atoms with Crippen molar-refractivity contribution in [1.29, 1.82) is 0 Å². The Bertz CT molecular complexity index is 439. The minimum atomic E-state index is 0. The van der Waals surface area contributed by atoms with Gasteiger partial charge in [-0.2, -0.15) is 0 Å². The summed E-state index contributed by atoms with van der Waals surface area (Å²) in [4.78, 5) is 8.68. The van der Waals surface area contributed by atoms with Crippen LogP contribution < -0.4 is 0 Å². The van der Waals surface area contributed by atoms with Crippen molar-refractivity contribution < 1.29 is 18.2 Å². The first kappa shape index (κ1) is 23.8. The summed E-state index contributed by atoms with van der Waals surface area (Å²) in [5.41, 5.74) is 5.09. The van der Waals surface area contributed by atoms with Gasteiger partial charge in [-0.15, -0.1) is 0 Å². The van der Waals surface area contributed by atoms with Gasteiger partial charge in [-0.25, -0.2) is 0 Å². The molecule has 0 aliphatic carbocycles. The molecule has 1 aromatic rings. The molecule has 0 heterocycles. The molecule has 0 spiro atoms.